The second-order valence-corrected chi connectivity index (χ2v) is 11.8. The summed E-state index contributed by atoms with van der Waals surface area (Å²) >= 11 is 1.35. The van der Waals surface area contributed by atoms with E-state index in [0.717, 1.165) is 24.0 Å². The minimum atomic E-state index is -3.57. The van der Waals surface area contributed by atoms with Crippen molar-refractivity contribution in [3.63, 3.8) is 0 Å². The van der Waals surface area contributed by atoms with Gasteiger partial charge in [-0.25, -0.2) is 13.4 Å². The zero-order chi connectivity index (χ0) is 25.9. The maximum atomic E-state index is 13.7. The molecule has 0 aliphatic carbocycles. The van der Waals surface area contributed by atoms with Crippen LogP contribution in [0.1, 0.15) is 29.6 Å². The summed E-state index contributed by atoms with van der Waals surface area (Å²) in [4.78, 5) is 22.2. The van der Waals surface area contributed by atoms with Crippen molar-refractivity contribution < 1.29 is 22.7 Å². The summed E-state index contributed by atoms with van der Waals surface area (Å²) in [6, 6.07) is 9.80. The Hall–Kier alpha value is -2.44. The fourth-order valence-corrected chi connectivity index (χ4v) is 6.77. The first-order valence-corrected chi connectivity index (χ1v) is 14.1. The molecule has 0 saturated carbocycles. The summed E-state index contributed by atoms with van der Waals surface area (Å²) in [7, 11) is 3.48. The predicted octanol–water partition coefficient (Wildman–Crippen LogP) is 4.12. The Morgan fingerprint density at radius 1 is 0.973 bits per heavy atom. The third kappa shape index (κ3) is 6.18. The van der Waals surface area contributed by atoms with Crippen molar-refractivity contribution in [2.24, 2.45) is 0 Å². The largest absolute Gasteiger partial charge is 0.495 e. The molecule has 1 aromatic heterocycles. The molecule has 2 heterocycles. The number of halogens is 1. The van der Waals surface area contributed by atoms with E-state index >= 15 is 0 Å². The van der Waals surface area contributed by atoms with Crippen LogP contribution in [0, 0.1) is 0 Å². The van der Waals surface area contributed by atoms with Crippen LogP contribution in [0.25, 0.3) is 10.2 Å². The van der Waals surface area contributed by atoms with Gasteiger partial charge in [0.2, 0.25) is 10.0 Å². The number of anilines is 1. The molecule has 0 N–H and O–H groups in total. The normalized spacial score (nSPS) is 14.4. The molecular weight excluding hydrogens is 536 g/mol. The molecule has 4 rings (SSSR count). The van der Waals surface area contributed by atoms with Gasteiger partial charge in [-0.1, -0.05) is 17.8 Å². The maximum Gasteiger partial charge on any atom is 0.260 e. The van der Waals surface area contributed by atoms with Gasteiger partial charge in [-0.2, -0.15) is 4.31 Å². The lowest BCUT2D eigenvalue weighted by Gasteiger charge is -2.26. The van der Waals surface area contributed by atoms with Gasteiger partial charge in [0.05, 0.1) is 19.1 Å². The Bertz CT molecular complexity index is 1280. The van der Waals surface area contributed by atoms with Gasteiger partial charge in [-0.05, 0) is 63.3 Å². The van der Waals surface area contributed by atoms with Crippen molar-refractivity contribution in [2.45, 2.75) is 24.2 Å². The number of thiazole rings is 1. The Kier molecular flexibility index (Phi) is 9.76. The van der Waals surface area contributed by atoms with Crippen LogP contribution in [0.2, 0.25) is 0 Å². The molecule has 0 spiro atoms. The number of hydrogen-bond acceptors (Lipinski definition) is 8. The van der Waals surface area contributed by atoms with Crippen molar-refractivity contribution in [1.82, 2.24) is 14.2 Å². The molecule has 9 nitrogen and oxygen atoms in total. The number of hydrogen-bond donors (Lipinski definition) is 0. The number of fused-ring (bicyclic) bond motifs is 1. The molecule has 0 bridgehead atoms. The number of aromatic nitrogens is 1. The number of methoxy groups -OCH3 is 2. The van der Waals surface area contributed by atoms with Gasteiger partial charge in [0.15, 0.2) is 5.13 Å². The van der Waals surface area contributed by atoms with Gasteiger partial charge >= 0.3 is 0 Å². The minimum absolute atomic E-state index is 0. The Morgan fingerprint density at radius 2 is 1.59 bits per heavy atom. The summed E-state index contributed by atoms with van der Waals surface area (Å²) in [5.74, 6) is 0.998. The van der Waals surface area contributed by atoms with Crippen molar-refractivity contribution in [3.05, 3.63) is 42.0 Å². The molecule has 12 heteroatoms. The fraction of sp³-hybridized carbons (Fsp3) is 0.440. The lowest BCUT2D eigenvalue weighted by atomic mass is 10.2. The monoisotopic (exact) mass is 568 g/mol. The SMILES string of the molecule is COc1ccc(OC)c2sc(N(CCN(C)C)C(=O)c3ccc(S(=O)(=O)N4CCCCC4)cc3)nc12.Cl. The van der Waals surface area contributed by atoms with Crippen molar-refractivity contribution in [3.8, 4) is 11.5 Å². The molecule has 2 aromatic carbocycles. The topological polar surface area (TPSA) is 92.3 Å². The van der Waals surface area contributed by atoms with Crippen LogP contribution >= 0.6 is 23.7 Å². The van der Waals surface area contributed by atoms with Crippen LogP contribution in [-0.2, 0) is 10.0 Å². The van der Waals surface area contributed by atoms with E-state index in [-0.39, 0.29) is 23.2 Å². The number of carbonyl (C=O) groups excluding carboxylic acids is 1. The number of piperidine rings is 1. The minimum Gasteiger partial charge on any atom is -0.495 e. The van der Waals surface area contributed by atoms with Gasteiger partial charge in [0.1, 0.15) is 21.7 Å². The van der Waals surface area contributed by atoms with E-state index in [1.807, 2.05) is 25.1 Å². The molecule has 3 aromatic rings. The van der Waals surface area contributed by atoms with Crippen LogP contribution in [-0.4, -0.2) is 83.0 Å². The van der Waals surface area contributed by atoms with Gasteiger partial charge in [-0.15, -0.1) is 12.4 Å². The molecule has 202 valence electrons. The third-order valence-corrected chi connectivity index (χ3v) is 9.21. The van der Waals surface area contributed by atoms with Crippen molar-refractivity contribution >= 4 is 55.0 Å². The second-order valence-electron chi connectivity index (χ2n) is 8.89. The molecule has 0 unspecified atom stereocenters. The molecule has 0 radical (unpaired) electrons. The van der Waals surface area contributed by atoms with Gasteiger partial charge in [0.25, 0.3) is 5.91 Å². The summed E-state index contributed by atoms with van der Waals surface area (Å²) in [6.07, 6.45) is 2.79. The summed E-state index contributed by atoms with van der Waals surface area (Å²) < 4.78 is 39.3. The zero-order valence-corrected chi connectivity index (χ0v) is 23.9. The Balaban J connectivity index is 0.00000380. The van der Waals surface area contributed by atoms with Crippen LogP contribution < -0.4 is 14.4 Å². The highest BCUT2D eigenvalue weighted by Crippen LogP contribution is 2.40. The molecule has 0 atom stereocenters. The van der Waals surface area contributed by atoms with E-state index in [0.29, 0.717) is 53.9 Å². The number of benzene rings is 2. The lowest BCUT2D eigenvalue weighted by Crippen LogP contribution is -2.37. The Morgan fingerprint density at radius 3 is 2.19 bits per heavy atom. The first-order chi connectivity index (χ1) is 17.3. The highest BCUT2D eigenvalue weighted by atomic mass is 35.5. The molecule has 1 aliphatic rings. The first kappa shape index (κ1) is 29.1. The zero-order valence-electron chi connectivity index (χ0n) is 21.5. The number of sulfonamides is 1. The van der Waals surface area contributed by atoms with Gasteiger partial charge in [-0.3, -0.25) is 9.69 Å². The standard InChI is InChI=1S/C25H32N4O5S2.ClH/c1-27(2)16-17-29(25-26-22-20(33-3)12-13-21(34-4)23(22)35-25)24(30)18-8-10-19(11-9-18)36(31,32)28-14-6-5-7-15-28;/h8-13H,5-7,14-17H2,1-4H3;1H. The molecule has 1 fully saturated rings. The van der Waals surface area contributed by atoms with Crippen LogP contribution in [0.4, 0.5) is 5.13 Å². The van der Waals surface area contributed by atoms with Crippen LogP contribution in [0.3, 0.4) is 0 Å². The number of amides is 1. The number of nitrogens with zero attached hydrogens (tertiary/aromatic N) is 4. The molecule has 1 amide bonds. The number of carbonyl (C=O) groups is 1. The molecule has 37 heavy (non-hydrogen) atoms. The van der Waals surface area contributed by atoms with Crippen LogP contribution in [0.15, 0.2) is 41.3 Å². The van der Waals surface area contributed by atoms with E-state index in [9.17, 15) is 13.2 Å². The number of likely N-dealkylation sites (N-methyl/N-ethyl adjacent to an activating group) is 1. The number of ether oxygens (including phenoxy) is 2. The molecule has 1 aliphatic heterocycles. The predicted molar refractivity (Wildman–Crippen MR) is 149 cm³/mol. The average molecular weight is 569 g/mol. The van der Waals surface area contributed by atoms with Crippen molar-refractivity contribution in [1.29, 1.82) is 0 Å². The van der Waals surface area contributed by atoms with Gasteiger partial charge in [0, 0.05) is 31.7 Å². The maximum absolute atomic E-state index is 13.7. The van der Waals surface area contributed by atoms with E-state index in [1.54, 1.807) is 37.3 Å². The van der Waals surface area contributed by atoms with E-state index < -0.39 is 10.0 Å². The molecule has 1 saturated heterocycles. The second kappa shape index (κ2) is 12.4. The van der Waals surface area contributed by atoms with Crippen molar-refractivity contribution in [2.75, 3.05) is 59.4 Å². The van der Waals surface area contributed by atoms with Crippen LogP contribution in [0.5, 0.6) is 11.5 Å². The number of rotatable bonds is 9. The average Bonchev–Trinajstić information content (AvgIpc) is 3.33. The lowest BCUT2D eigenvalue weighted by molar-refractivity contribution is 0.0985. The van der Waals surface area contributed by atoms with E-state index in [1.165, 1.54) is 27.8 Å². The van der Waals surface area contributed by atoms with E-state index in [4.69, 9.17) is 14.5 Å². The first-order valence-electron chi connectivity index (χ1n) is 11.8. The summed E-state index contributed by atoms with van der Waals surface area (Å²) in [5, 5.41) is 0.518. The van der Waals surface area contributed by atoms with E-state index in [2.05, 4.69) is 0 Å². The summed E-state index contributed by atoms with van der Waals surface area (Å²) in [5.41, 5.74) is 1.02. The highest BCUT2D eigenvalue weighted by Gasteiger charge is 2.27. The summed E-state index contributed by atoms with van der Waals surface area (Å²) in [6.45, 7) is 2.10. The Labute approximate surface area is 228 Å². The van der Waals surface area contributed by atoms with Gasteiger partial charge < -0.3 is 14.4 Å². The molecular formula is C25H33ClN4O5S2. The quantitative estimate of drug-likeness (QED) is 0.383. The highest BCUT2D eigenvalue weighted by molar-refractivity contribution is 7.89. The smallest absolute Gasteiger partial charge is 0.260 e. The fourth-order valence-electron chi connectivity index (χ4n) is 4.15. The third-order valence-electron chi connectivity index (χ3n) is 6.20.